The highest BCUT2D eigenvalue weighted by Gasteiger charge is 2.46. The molecule has 0 unspecified atom stereocenters. The van der Waals surface area contributed by atoms with E-state index in [0.29, 0.717) is 19.4 Å². The van der Waals surface area contributed by atoms with Gasteiger partial charge in [0.2, 0.25) is 0 Å². The topological polar surface area (TPSA) is 68.4 Å². The second kappa shape index (κ2) is 3.79. The Balaban J connectivity index is 2.35. The van der Waals surface area contributed by atoms with Crippen molar-refractivity contribution in [2.75, 3.05) is 13.7 Å². The van der Waals surface area contributed by atoms with Crippen LogP contribution in [0.5, 0.6) is 5.75 Å². The van der Waals surface area contributed by atoms with Crippen molar-refractivity contribution in [3.05, 3.63) is 24.0 Å². The molecule has 0 aliphatic heterocycles. The van der Waals surface area contributed by atoms with Crippen LogP contribution in [0, 0.1) is 0 Å². The Labute approximate surface area is 89.1 Å². The lowest BCUT2D eigenvalue weighted by Gasteiger charge is -2.44. The fourth-order valence-corrected chi connectivity index (χ4v) is 2.25. The molecule has 0 saturated heterocycles. The average Bonchev–Trinajstić information content (AvgIpc) is 2.24. The number of hydrogen-bond donors (Lipinski definition) is 2. The molecule has 1 saturated carbocycles. The molecular formula is C11H16N2O2. The van der Waals surface area contributed by atoms with Crippen molar-refractivity contribution >= 4 is 0 Å². The van der Waals surface area contributed by atoms with Crippen molar-refractivity contribution in [3.63, 3.8) is 0 Å². The molecule has 0 atom stereocenters. The summed E-state index contributed by atoms with van der Waals surface area (Å²) in [5.41, 5.74) is 6.47. The summed E-state index contributed by atoms with van der Waals surface area (Å²) in [6.45, 7) is 0.497. The van der Waals surface area contributed by atoms with Gasteiger partial charge in [0.05, 0.1) is 18.9 Å². The smallest absolute Gasteiger partial charge is 0.140 e. The van der Waals surface area contributed by atoms with Gasteiger partial charge in [-0.3, -0.25) is 4.98 Å². The summed E-state index contributed by atoms with van der Waals surface area (Å²) < 4.78 is 5.26. The zero-order valence-electron chi connectivity index (χ0n) is 8.81. The number of nitrogens with zero attached hydrogens (tertiary/aromatic N) is 1. The Morgan fingerprint density at radius 3 is 2.93 bits per heavy atom. The van der Waals surface area contributed by atoms with Crippen LogP contribution in [0.2, 0.25) is 0 Å². The molecule has 0 amide bonds. The SMILES string of the molecule is COc1cccnc1C1(CN)CC(O)C1. The minimum Gasteiger partial charge on any atom is -0.495 e. The number of rotatable bonds is 3. The zero-order valence-corrected chi connectivity index (χ0v) is 8.81. The van der Waals surface area contributed by atoms with E-state index < -0.39 is 0 Å². The summed E-state index contributed by atoms with van der Waals surface area (Å²) in [6.07, 6.45) is 2.84. The van der Waals surface area contributed by atoms with E-state index in [1.165, 1.54) is 0 Å². The van der Waals surface area contributed by atoms with Crippen molar-refractivity contribution < 1.29 is 9.84 Å². The number of aliphatic hydroxyl groups excluding tert-OH is 1. The predicted molar refractivity (Wildman–Crippen MR) is 56.8 cm³/mol. The van der Waals surface area contributed by atoms with Gasteiger partial charge in [-0.1, -0.05) is 0 Å². The molecule has 0 radical (unpaired) electrons. The van der Waals surface area contributed by atoms with Crippen LogP contribution in [-0.2, 0) is 5.41 Å². The number of aromatic nitrogens is 1. The first-order valence-electron chi connectivity index (χ1n) is 5.09. The van der Waals surface area contributed by atoms with Crippen molar-refractivity contribution in [1.29, 1.82) is 0 Å². The van der Waals surface area contributed by atoms with Gasteiger partial charge in [-0.2, -0.15) is 0 Å². The van der Waals surface area contributed by atoms with Gasteiger partial charge in [-0.25, -0.2) is 0 Å². The quantitative estimate of drug-likeness (QED) is 0.756. The maximum Gasteiger partial charge on any atom is 0.140 e. The number of nitrogens with two attached hydrogens (primary N) is 1. The first-order valence-corrected chi connectivity index (χ1v) is 5.09. The lowest BCUT2D eigenvalue weighted by atomic mass is 9.64. The van der Waals surface area contributed by atoms with Crippen LogP contribution in [0.4, 0.5) is 0 Å². The molecule has 2 rings (SSSR count). The van der Waals surface area contributed by atoms with Crippen molar-refractivity contribution in [1.82, 2.24) is 4.98 Å². The van der Waals surface area contributed by atoms with E-state index >= 15 is 0 Å². The van der Waals surface area contributed by atoms with Gasteiger partial charge in [-0.05, 0) is 25.0 Å². The standard InChI is InChI=1S/C11H16N2O2/c1-15-9-3-2-4-13-10(9)11(7-12)5-8(14)6-11/h2-4,8,14H,5-7,12H2,1H3. The van der Waals surface area contributed by atoms with E-state index in [0.717, 1.165) is 11.4 Å². The third kappa shape index (κ3) is 1.60. The number of ether oxygens (including phenoxy) is 1. The van der Waals surface area contributed by atoms with Crippen molar-refractivity contribution in [2.45, 2.75) is 24.4 Å². The molecule has 1 fully saturated rings. The highest BCUT2D eigenvalue weighted by molar-refractivity contribution is 5.36. The molecule has 0 bridgehead atoms. The third-order valence-electron chi connectivity index (χ3n) is 3.14. The summed E-state index contributed by atoms with van der Waals surface area (Å²) in [4.78, 5) is 4.33. The molecule has 82 valence electrons. The highest BCUT2D eigenvalue weighted by atomic mass is 16.5. The van der Waals surface area contributed by atoms with Crippen molar-refractivity contribution in [2.24, 2.45) is 5.73 Å². The molecule has 1 aromatic heterocycles. The predicted octanol–water partition coefficient (Wildman–Crippen LogP) is 0.441. The molecule has 1 aliphatic carbocycles. The summed E-state index contributed by atoms with van der Waals surface area (Å²) in [5.74, 6) is 0.759. The Bertz CT molecular complexity index is 348. The molecule has 0 spiro atoms. The van der Waals surface area contributed by atoms with E-state index in [1.807, 2.05) is 12.1 Å². The normalized spacial score (nSPS) is 29.7. The van der Waals surface area contributed by atoms with Gasteiger partial charge in [-0.15, -0.1) is 0 Å². The third-order valence-corrected chi connectivity index (χ3v) is 3.14. The van der Waals surface area contributed by atoms with Crippen LogP contribution >= 0.6 is 0 Å². The van der Waals surface area contributed by atoms with Gasteiger partial charge < -0.3 is 15.6 Å². The van der Waals surface area contributed by atoms with Crippen LogP contribution in [0.3, 0.4) is 0 Å². The second-order valence-electron chi connectivity index (χ2n) is 4.10. The molecule has 4 heteroatoms. The number of pyridine rings is 1. The Morgan fingerprint density at radius 1 is 1.67 bits per heavy atom. The van der Waals surface area contributed by atoms with Crippen LogP contribution < -0.4 is 10.5 Å². The molecule has 15 heavy (non-hydrogen) atoms. The van der Waals surface area contributed by atoms with Crippen LogP contribution in [0.25, 0.3) is 0 Å². The maximum absolute atomic E-state index is 9.42. The summed E-state index contributed by atoms with van der Waals surface area (Å²) in [5, 5.41) is 9.42. The van der Waals surface area contributed by atoms with E-state index in [1.54, 1.807) is 13.3 Å². The number of hydrogen-bond acceptors (Lipinski definition) is 4. The molecule has 3 N–H and O–H groups in total. The molecule has 1 aromatic rings. The Kier molecular flexibility index (Phi) is 2.63. The lowest BCUT2D eigenvalue weighted by Crippen LogP contribution is -2.50. The molecular weight excluding hydrogens is 192 g/mol. The molecule has 0 aromatic carbocycles. The van der Waals surface area contributed by atoms with E-state index in [2.05, 4.69) is 4.98 Å². The van der Waals surface area contributed by atoms with Crippen LogP contribution in [0.15, 0.2) is 18.3 Å². The molecule has 1 heterocycles. The molecule has 4 nitrogen and oxygen atoms in total. The van der Waals surface area contributed by atoms with E-state index in [4.69, 9.17) is 10.5 Å². The average molecular weight is 208 g/mol. The largest absolute Gasteiger partial charge is 0.495 e. The number of aliphatic hydroxyl groups is 1. The van der Waals surface area contributed by atoms with Gasteiger partial charge in [0.15, 0.2) is 0 Å². The van der Waals surface area contributed by atoms with Gasteiger partial charge in [0.1, 0.15) is 5.75 Å². The highest BCUT2D eigenvalue weighted by Crippen LogP contribution is 2.45. The first-order chi connectivity index (χ1) is 7.22. The van der Waals surface area contributed by atoms with Crippen molar-refractivity contribution in [3.8, 4) is 5.75 Å². The van der Waals surface area contributed by atoms with Gasteiger partial charge in [0.25, 0.3) is 0 Å². The summed E-state index contributed by atoms with van der Waals surface area (Å²) >= 11 is 0. The number of methoxy groups -OCH3 is 1. The summed E-state index contributed by atoms with van der Waals surface area (Å²) in [6, 6.07) is 3.71. The monoisotopic (exact) mass is 208 g/mol. The van der Waals surface area contributed by atoms with Gasteiger partial charge in [0, 0.05) is 18.2 Å². The molecule has 1 aliphatic rings. The lowest BCUT2D eigenvalue weighted by molar-refractivity contribution is 0.0189. The van der Waals surface area contributed by atoms with E-state index in [9.17, 15) is 5.11 Å². The fraction of sp³-hybridized carbons (Fsp3) is 0.545. The Morgan fingerprint density at radius 2 is 2.40 bits per heavy atom. The van der Waals surface area contributed by atoms with Crippen LogP contribution in [-0.4, -0.2) is 29.8 Å². The first kappa shape index (κ1) is 10.4. The zero-order chi connectivity index (χ0) is 10.9. The maximum atomic E-state index is 9.42. The Hall–Kier alpha value is -1.13. The van der Waals surface area contributed by atoms with E-state index in [-0.39, 0.29) is 11.5 Å². The minimum absolute atomic E-state index is 0.188. The minimum atomic E-state index is -0.250. The van der Waals surface area contributed by atoms with Crippen LogP contribution in [0.1, 0.15) is 18.5 Å². The van der Waals surface area contributed by atoms with Gasteiger partial charge >= 0.3 is 0 Å². The fourth-order valence-electron chi connectivity index (χ4n) is 2.25. The summed E-state index contributed by atoms with van der Waals surface area (Å²) in [7, 11) is 1.62. The second-order valence-corrected chi connectivity index (χ2v) is 4.10.